The van der Waals surface area contributed by atoms with Crippen LogP contribution in [0, 0.1) is 0 Å². The molecule has 5 nitrogen and oxygen atoms in total. The fourth-order valence-electron chi connectivity index (χ4n) is 3.27. The molecule has 0 saturated carbocycles. The third kappa shape index (κ3) is 5.24. The van der Waals surface area contributed by atoms with E-state index in [1.165, 1.54) is 5.69 Å². The number of carbonyl (C=O) groups excluding carboxylic acids is 1. The number of amides is 1. The quantitative estimate of drug-likeness (QED) is 0.826. The highest BCUT2D eigenvalue weighted by molar-refractivity contribution is 6.30. The summed E-state index contributed by atoms with van der Waals surface area (Å²) in [4.78, 5) is 16.7. The van der Waals surface area contributed by atoms with Crippen LogP contribution in [0.3, 0.4) is 0 Å². The summed E-state index contributed by atoms with van der Waals surface area (Å²) in [5, 5.41) is 7.06. The Bertz CT molecular complexity index is 529. The van der Waals surface area contributed by atoms with Crippen molar-refractivity contribution in [3.05, 3.63) is 29.3 Å². The maximum atomic E-state index is 11.9. The summed E-state index contributed by atoms with van der Waals surface area (Å²) >= 11 is 6.06. The summed E-state index contributed by atoms with van der Waals surface area (Å²) in [5.74, 6) is 0.153. The van der Waals surface area contributed by atoms with Gasteiger partial charge in [-0.05, 0) is 37.6 Å². The van der Waals surface area contributed by atoms with Gasteiger partial charge in [0.15, 0.2) is 0 Å². The highest BCUT2D eigenvalue weighted by atomic mass is 35.5. The first kappa shape index (κ1) is 19.3. The van der Waals surface area contributed by atoms with E-state index in [0.29, 0.717) is 0 Å². The molecule has 0 bridgehead atoms. The van der Waals surface area contributed by atoms with Crippen LogP contribution in [0.5, 0.6) is 0 Å². The van der Waals surface area contributed by atoms with Gasteiger partial charge < -0.3 is 15.5 Å². The van der Waals surface area contributed by atoms with Crippen molar-refractivity contribution in [2.45, 2.75) is 18.9 Å². The number of hydrogen-bond donors (Lipinski definition) is 2. The van der Waals surface area contributed by atoms with Crippen LogP contribution >= 0.6 is 24.0 Å². The molecule has 24 heavy (non-hydrogen) atoms. The minimum absolute atomic E-state index is 0. The first-order valence-corrected chi connectivity index (χ1v) is 8.84. The van der Waals surface area contributed by atoms with Gasteiger partial charge >= 0.3 is 0 Å². The zero-order valence-corrected chi connectivity index (χ0v) is 15.4. The molecule has 1 aromatic carbocycles. The van der Waals surface area contributed by atoms with Gasteiger partial charge in [0.1, 0.15) is 0 Å². The number of piperazine rings is 1. The van der Waals surface area contributed by atoms with Gasteiger partial charge in [-0.25, -0.2) is 0 Å². The normalized spacial score (nSPS) is 21.4. The van der Waals surface area contributed by atoms with Gasteiger partial charge in [0.2, 0.25) is 5.91 Å². The second kappa shape index (κ2) is 9.47. The zero-order chi connectivity index (χ0) is 16.1. The number of nitrogens with zero attached hydrogens (tertiary/aromatic N) is 2. The number of anilines is 1. The number of halogens is 2. The van der Waals surface area contributed by atoms with Gasteiger partial charge in [0.25, 0.3) is 0 Å². The number of carbonyl (C=O) groups is 1. The lowest BCUT2D eigenvalue weighted by atomic mass is 10.2. The number of benzene rings is 1. The molecule has 2 heterocycles. The van der Waals surface area contributed by atoms with Gasteiger partial charge in [-0.2, -0.15) is 0 Å². The van der Waals surface area contributed by atoms with Gasteiger partial charge in [-0.15, -0.1) is 12.4 Å². The van der Waals surface area contributed by atoms with Crippen LogP contribution in [0.1, 0.15) is 12.8 Å². The van der Waals surface area contributed by atoms with Crippen molar-refractivity contribution in [3.63, 3.8) is 0 Å². The Morgan fingerprint density at radius 1 is 1.29 bits per heavy atom. The third-order valence-corrected chi connectivity index (χ3v) is 4.88. The van der Waals surface area contributed by atoms with Crippen LogP contribution < -0.4 is 15.5 Å². The first-order chi connectivity index (χ1) is 11.2. The molecule has 0 aromatic heterocycles. The number of hydrogen-bond acceptors (Lipinski definition) is 4. The van der Waals surface area contributed by atoms with Gasteiger partial charge in [0.05, 0.1) is 6.04 Å². The van der Waals surface area contributed by atoms with E-state index in [9.17, 15) is 4.79 Å². The van der Waals surface area contributed by atoms with Crippen molar-refractivity contribution in [3.8, 4) is 0 Å². The molecule has 2 fully saturated rings. The monoisotopic (exact) mass is 372 g/mol. The minimum Gasteiger partial charge on any atom is -0.369 e. The van der Waals surface area contributed by atoms with Gasteiger partial charge in [-0.1, -0.05) is 17.7 Å². The second-order valence-electron chi connectivity index (χ2n) is 6.25. The molecule has 0 unspecified atom stereocenters. The summed E-state index contributed by atoms with van der Waals surface area (Å²) in [5.41, 5.74) is 1.19. The van der Waals surface area contributed by atoms with Crippen molar-refractivity contribution < 1.29 is 4.79 Å². The van der Waals surface area contributed by atoms with Crippen LogP contribution in [-0.2, 0) is 4.79 Å². The lowest BCUT2D eigenvalue weighted by Gasteiger charge is -2.36. The van der Waals surface area contributed by atoms with E-state index in [-0.39, 0.29) is 24.4 Å². The maximum Gasteiger partial charge on any atom is 0.237 e. The van der Waals surface area contributed by atoms with Crippen molar-refractivity contribution in [1.82, 2.24) is 15.5 Å². The van der Waals surface area contributed by atoms with Gasteiger partial charge in [0, 0.05) is 50.0 Å². The van der Waals surface area contributed by atoms with Crippen LogP contribution in [0.25, 0.3) is 0 Å². The molecular weight excluding hydrogens is 347 g/mol. The van der Waals surface area contributed by atoms with E-state index in [4.69, 9.17) is 11.6 Å². The molecule has 134 valence electrons. The number of nitrogens with one attached hydrogen (secondary N) is 2. The molecule has 0 radical (unpaired) electrons. The van der Waals surface area contributed by atoms with E-state index >= 15 is 0 Å². The molecule has 0 aliphatic carbocycles. The van der Waals surface area contributed by atoms with Crippen LogP contribution in [-0.4, -0.2) is 62.7 Å². The average molecular weight is 373 g/mol. The maximum absolute atomic E-state index is 11.9. The van der Waals surface area contributed by atoms with E-state index in [2.05, 4.69) is 26.5 Å². The summed E-state index contributed by atoms with van der Waals surface area (Å²) in [6.07, 6.45) is 2.06. The highest BCUT2D eigenvalue weighted by Crippen LogP contribution is 2.20. The molecule has 1 amide bonds. The third-order valence-electron chi connectivity index (χ3n) is 4.65. The van der Waals surface area contributed by atoms with E-state index in [0.717, 1.165) is 63.7 Å². The standard InChI is InChI=1S/C17H25ClN4O.ClH/c18-14-3-1-4-15(13-14)22-11-9-21(10-12-22)8-7-20-17(23)16-5-2-6-19-16;/h1,3-4,13,16,19H,2,5-12H2,(H,20,23);1H/t16-;/m0./s1. The molecule has 2 saturated heterocycles. The molecule has 1 atom stereocenters. The summed E-state index contributed by atoms with van der Waals surface area (Å²) < 4.78 is 0. The smallest absolute Gasteiger partial charge is 0.237 e. The SMILES string of the molecule is Cl.O=C(NCCN1CCN(c2cccc(Cl)c2)CC1)[C@@H]1CCCN1. The van der Waals surface area contributed by atoms with Gasteiger partial charge in [-0.3, -0.25) is 9.69 Å². The lowest BCUT2D eigenvalue weighted by molar-refractivity contribution is -0.122. The molecule has 2 aliphatic rings. The fourth-order valence-corrected chi connectivity index (χ4v) is 3.46. The Morgan fingerprint density at radius 3 is 2.75 bits per heavy atom. The average Bonchev–Trinajstić information content (AvgIpc) is 3.10. The lowest BCUT2D eigenvalue weighted by Crippen LogP contribution is -2.49. The Hall–Kier alpha value is -1.01. The topological polar surface area (TPSA) is 47.6 Å². The summed E-state index contributed by atoms with van der Waals surface area (Å²) in [7, 11) is 0. The van der Waals surface area contributed by atoms with Crippen molar-refractivity contribution in [2.75, 3.05) is 50.7 Å². The Labute approximate surface area is 155 Å². The predicted octanol–water partition coefficient (Wildman–Crippen LogP) is 1.75. The molecule has 2 aliphatic heterocycles. The summed E-state index contributed by atoms with van der Waals surface area (Å²) in [6.45, 7) is 6.64. The zero-order valence-electron chi connectivity index (χ0n) is 13.8. The van der Waals surface area contributed by atoms with E-state index in [1.807, 2.05) is 18.2 Å². The fraction of sp³-hybridized carbons (Fsp3) is 0.588. The predicted molar refractivity (Wildman–Crippen MR) is 101 cm³/mol. The first-order valence-electron chi connectivity index (χ1n) is 8.46. The molecule has 0 spiro atoms. The Morgan fingerprint density at radius 2 is 2.08 bits per heavy atom. The Kier molecular flexibility index (Phi) is 7.62. The molecule has 7 heteroatoms. The minimum atomic E-state index is 0. The van der Waals surface area contributed by atoms with E-state index < -0.39 is 0 Å². The molecule has 2 N–H and O–H groups in total. The van der Waals surface area contributed by atoms with Crippen LogP contribution in [0.4, 0.5) is 5.69 Å². The highest BCUT2D eigenvalue weighted by Gasteiger charge is 2.22. The largest absolute Gasteiger partial charge is 0.369 e. The van der Waals surface area contributed by atoms with E-state index in [1.54, 1.807) is 0 Å². The Balaban J connectivity index is 0.00000208. The number of rotatable bonds is 5. The molecule has 3 rings (SSSR count). The molecule has 1 aromatic rings. The van der Waals surface area contributed by atoms with Crippen LogP contribution in [0.15, 0.2) is 24.3 Å². The molecular formula is C17H26Cl2N4O. The van der Waals surface area contributed by atoms with Crippen molar-refractivity contribution in [1.29, 1.82) is 0 Å². The van der Waals surface area contributed by atoms with Crippen LogP contribution in [0.2, 0.25) is 5.02 Å². The van der Waals surface area contributed by atoms with Crippen molar-refractivity contribution in [2.24, 2.45) is 0 Å². The second-order valence-corrected chi connectivity index (χ2v) is 6.68. The van der Waals surface area contributed by atoms with Crippen molar-refractivity contribution >= 4 is 35.6 Å². The summed E-state index contributed by atoms with van der Waals surface area (Å²) in [6, 6.07) is 8.05.